The van der Waals surface area contributed by atoms with E-state index >= 15 is 0 Å². The molecule has 1 heterocycles. The fourth-order valence-electron chi connectivity index (χ4n) is 1.52. The fraction of sp³-hybridized carbons (Fsp3) is 0.417. The summed E-state index contributed by atoms with van der Waals surface area (Å²) in [7, 11) is 0. The molecule has 15 heavy (non-hydrogen) atoms. The molecule has 0 aliphatic carbocycles. The number of oxazole rings is 1. The molecule has 0 radical (unpaired) electrons. The van der Waals surface area contributed by atoms with Gasteiger partial charge >= 0.3 is 0 Å². The Balaban J connectivity index is 2.30. The zero-order valence-electron chi connectivity index (χ0n) is 9.37. The van der Waals surface area contributed by atoms with Gasteiger partial charge in [0.2, 0.25) is 0 Å². The molecular weight excluding hydrogens is 188 g/mol. The number of hydrogen-bond donors (Lipinski definition) is 1. The van der Waals surface area contributed by atoms with Crippen LogP contribution in [0.2, 0.25) is 0 Å². The van der Waals surface area contributed by atoms with Gasteiger partial charge in [-0.3, -0.25) is 0 Å². The van der Waals surface area contributed by atoms with E-state index in [2.05, 4.69) is 24.1 Å². The van der Waals surface area contributed by atoms with Crippen LogP contribution in [-0.4, -0.2) is 11.0 Å². The van der Waals surface area contributed by atoms with Gasteiger partial charge in [-0.05, 0) is 25.5 Å². The van der Waals surface area contributed by atoms with Gasteiger partial charge in [-0.25, -0.2) is 4.98 Å². The van der Waals surface area contributed by atoms with Crippen molar-refractivity contribution in [3.8, 4) is 0 Å². The molecule has 1 N–H and O–H groups in total. The largest absolute Gasteiger partial charge is 0.441 e. The van der Waals surface area contributed by atoms with E-state index in [0.29, 0.717) is 11.9 Å². The summed E-state index contributed by atoms with van der Waals surface area (Å²) in [5.41, 5.74) is 2.86. The Morgan fingerprint density at radius 1 is 1.47 bits per heavy atom. The molecule has 0 aliphatic heterocycles. The molecule has 3 heteroatoms. The van der Waals surface area contributed by atoms with Crippen molar-refractivity contribution in [2.75, 3.05) is 5.32 Å². The van der Waals surface area contributed by atoms with Gasteiger partial charge in [0.15, 0.2) is 11.5 Å². The van der Waals surface area contributed by atoms with Crippen LogP contribution in [0.4, 0.5) is 5.69 Å². The zero-order chi connectivity index (χ0) is 10.8. The van der Waals surface area contributed by atoms with Gasteiger partial charge < -0.3 is 9.73 Å². The molecule has 0 aliphatic rings. The van der Waals surface area contributed by atoms with E-state index in [9.17, 15) is 0 Å². The molecule has 3 nitrogen and oxygen atoms in total. The van der Waals surface area contributed by atoms with Crippen molar-refractivity contribution in [3.63, 3.8) is 0 Å². The highest BCUT2D eigenvalue weighted by Crippen LogP contribution is 2.20. The molecule has 0 spiro atoms. The van der Waals surface area contributed by atoms with E-state index in [1.165, 1.54) is 0 Å². The minimum atomic E-state index is 0.478. The first kappa shape index (κ1) is 10.0. The molecule has 0 bridgehead atoms. The smallest absolute Gasteiger partial charge is 0.192 e. The average molecular weight is 204 g/mol. The van der Waals surface area contributed by atoms with Gasteiger partial charge in [-0.2, -0.15) is 0 Å². The van der Waals surface area contributed by atoms with Crippen molar-refractivity contribution in [2.24, 2.45) is 0 Å². The van der Waals surface area contributed by atoms with Crippen molar-refractivity contribution in [2.45, 2.75) is 33.2 Å². The van der Waals surface area contributed by atoms with Crippen LogP contribution in [0.25, 0.3) is 11.1 Å². The lowest BCUT2D eigenvalue weighted by atomic mass is 10.2. The predicted molar refractivity (Wildman–Crippen MR) is 62.1 cm³/mol. The van der Waals surface area contributed by atoms with E-state index in [0.717, 1.165) is 23.2 Å². The highest BCUT2D eigenvalue weighted by Gasteiger charge is 2.04. The lowest BCUT2D eigenvalue weighted by Crippen LogP contribution is -2.12. The molecule has 1 unspecified atom stereocenters. The maximum Gasteiger partial charge on any atom is 0.192 e. The topological polar surface area (TPSA) is 38.1 Å². The third-order valence-corrected chi connectivity index (χ3v) is 2.52. The van der Waals surface area contributed by atoms with Gasteiger partial charge in [0.1, 0.15) is 5.52 Å². The number of nitrogens with one attached hydrogen (secondary N) is 1. The Hall–Kier alpha value is -1.51. The molecule has 1 aromatic carbocycles. The Bertz CT molecular complexity index is 462. The normalized spacial score (nSPS) is 13.0. The van der Waals surface area contributed by atoms with Crippen molar-refractivity contribution >= 4 is 16.8 Å². The van der Waals surface area contributed by atoms with E-state index < -0.39 is 0 Å². The standard InChI is InChI=1S/C12H16N2O/c1-4-8(2)13-10-5-6-11-12(7-10)15-9(3)14-11/h5-8,13H,4H2,1-3H3. The third kappa shape index (κ3) is 2.12. The van der Waals surface area contributed by atoms with Crippen LogP contribution in [0.15, 0.2) is 22.6 Å². The number of aryl methyl sites for hydroxylation is 1. The average Bonchev–Trinajstić information content (AvgIpc) is 2.57. The van der Waals surface area contributed by atoms with Crippen LogP contribution in [0.3, 0.4) is 0 Å². The quantitative estimate of drug-likeness (QED) is 0.833. The molecule has 1 atom stereocenters. The van der Waals surface area contributed by atoms with E-state index in [1.54, 1.807) is 0 Å². The molecule has 1 aromatic heterocycles. The van der Waals surface area contributed by atoms with Gasteiger partial charge in [0.25, 0.3) is 0 Å². The first-order chi connectivity index (χ1) is 7.19. The number of hydrogen-bond acceptors (Lipinski definition) is 3. The van der Waals surface area contributed by atoms with Crippen molar-refractivity contribution < 1.29 is 4.42 Å². The SMILES string of the molecule is CCC(C)Nc1ccc2nc(C)oc2c1. The summed E-state index contributed by atoms with van der Waals surface area (Å²) in [6.07, 6.45) is 1.10. The molecule has 80 valence electrons. The highest BCUT2D eigenvalue weighted by molar-refractivity contribution is 5.77. The molecule has 0 fully saturated rings. The van der Waals surface area contributed by atoms with Crippen molar-refractivity contribution in [1.29, 1.82) is 0 Å². The summed E-state index contributed by atoms with van der Waals surface area (Å²) < 4.78 is 5.47. The number of nitrogens with zero attached hydrogens (tertiary/aromatic N) is 1. The summed E-state index contributed by atoms with van der Waals surface area (Å²) in [6.45, 7) is 6.19. The lowest BCUT2D eigenvalue weighted by molar-refractivity contribution is 0.561. The van der Waals surface area contributed by atoms with Crippen LogP contribution in [0.1, 0.15) is 26.2 Å². The maximum absolute atomic E-state index is 5.47. The molecular formula is C12H16N2O. The number of benzene rings is 1. The van der Waals surface area contributed by atoms with Gasteiger partial charge in [-0.15, -0.1) is 0 Å². The van der Waals surface area contributed by atoms with Gasteiger partial charge in [0.05, 0.1) is 0 Å². The number of anilines is 1. The minimum absolute atomic E-state index is 0.478. The summed E-state index contributed by atoms with van der Waals surface area (Å²) >= 11 is 0. The minimum Gasteiger partial charge on any atom is -0.441 e. The fourth-order valence-corrected chi connectivity index (χ4v) is 1.52. The van der Waals surface area contributed by atoms with Crippen molar-refractivity contribution in [1.82, 2.24) is 4.98 Å². The predicted octanol–water partition coefficient (Wildman–Crippen LogP) is 3.35. The molecule has 0 saturated carbocycles. The number of aromatic nitrogens is 1. The molecule has 2 aromatic rings. The Kier molecular flexibility index (Phi) is 2.62. The lowest BCUT2D eigenvalue weighted by Gasteiger charge is -2.12. The Labute approximate surface area is 89.5 Å². The summed E-state index contributed by atoms with van der Waals surface area (Å²) in [5, 5.41) is 3.41. The van der Waals surface area contributed by atoms with E-state index in [4.69, 9.17) is 4.42 Å². The molecule has 0 saturated heterocycles. The molecule has 2 rings (SSSR count). The van der Waals surface area contributed by atoms with E-state index in [1.807, 2.05) is 25.1 Å². The second kappa shape index (κ2) is 3.93. The zero-order valence-corrected chi connectivity index (χ0v) is 9.37. The second-order valence-corrected chi connectivity index (χ2v) is 3.87. The Morgan fingerprint density at radius 2 is 2.27 bits per heavy atom. The van der Waals surface area contributed by atoms with Crippen LogP contribution >= 0.6 is 0 Å². The Morgan fingerprint density at radius 3 is 3.00 bits per heavy atom. The van der Waals surface area contributed by atoms with Crippen LogP contribution in [0.5, 0.6) is 0 Å². The van der Waals surface area contributed by atoms with Crippen LogP contribution in [-0.2, 0) is 0 Å². The highest BCUT2D eigenvalue weighted by atomic mass is 16.3. The monoisotopic (exact) mass is 204 g/mol. The second-order valence-electron chi connectivity index (χ2n) is 3.87. The summed E-state index contributed by atoms with van der Waals surface area (Å²) in [4.78, 5) is 4.26. The first-order valence-corrected chi connectivity index (χ1v) is 5.32. The van der Waals surface area contributed by atoms with Crippen LogP contribution < -0.4 is 5.32 Å². The van der Waals surface area contributed by atoms with E-state index in [-0.39, 0.29) is 0 Å². The van der Waals surface area contributed by atoms with Crippen molar-refractivity contribution in [3.05, 3.63) is 24.1 Å². The van der Waals surface area contributed by atoms with Crippen LogP contribution in [0, 0.1) is 6.92 Å². The summed E-state index contributed by atoms with van der Waals surface area (Å²) in [5.74, 6) is 0.714. The van der Waals surface area contributed by atoms with Gasteiger partial charge in [-0.1, -0.05) is 6.92 Å². The third-order valence-electron chi connectivity index (χ3n) is 2.52. The number of fused-ring (bicyclic) bond motifs is 1. The number of rotatable bonds is 3. The molecule has 0 amide bonds. The van der Waals surface area contributed by atoms with Gasteiger partial charge in [0, 0.05) is 24.7 Å². The first-order valence-electron chi connectivity index (χ1n) is 5.32. The summed E-state index contributed by atoms with van der Waals surface area (Å²) in [6, 6.07) is 6.50. The maximum atomic E-state index is 5.47.